The van der Waals surface area contributed by atoms with E-state index in [0.29, 0.717) is 50.7 Å². The second kappa shape index (κ2) is 8.49. The normalized spacial score (nSPS) is 21.9. The fourth-order valence-corrected chi connectivity index (χ4v) is 4.41. The summed E-state index contributed by atoms with van der Waals surface area (Å²) in [5, 5.41) is 7.62. The highest BCUT2D eigenvalue weighted by molar-refractivity contribution is 5.80. The van der Waals surface area contributed by atoms with Crippen LogP contribution >= 0.6 is 0 Å². The maximum Gasteiger partial charge on any atom is 0.252 e. The van der Waals surface area contributed by atoms with Gasteiger partial charge in [-0.1, -0.05) is 0 Å². The number of nitrogens with one attached hydrogen (secondary N) is 1. The molecule has 2 aromatic rings. The molecular formula is C21H29F2N7O. The van der Waals surface area contributed by atoms with Gasteiger partial charge in [-0.15, -0.1) is 0 Å². The molecule has 0 spiro atoms. The number of nitrogens with zero attached hydrogens (tertiary/aromatic N) is 5. The van der Waals surface area contributed by atoms with Crippen molar-refractivity contribution in [3.8, 4) is 5.95 Å². The first-order valence-electron chi connectivity index (χ1n) is 10.8. The van der Waals surface area contributed by atoms with Crippen molar-refractivity contribution in [1.29, 1.82) is 0 Å². The molecule has 2 fully saturated rings. The number of amides is 1. The molecule has 1 aliphatic heterocycles. The number of hydrogen-bond acceptors (Lipinski definition) is 6. The van der Waals surface area contributed by atoms with Crippen LogP contribution < -0.4 is 16.0 Å². The Bertz CT molecular complexity index is 951. The number of primary amides is 1. The van der Waals surface area contributed by atoms with E-state index in [0.717, 1.165) is 17.1 Å². The Labute approximate surface area is 180 Å². The zero-order chi connectivity index (χ0) is 22.2. The molecule has 0 bridgehead atoms. The molecule has 2 aromatic heterocycles. The molecule has 10 heteroatoms. The maximum atomic E-state index is 13.6. The molecule has 1 saturated heterocycles. The van der Waals surface area contributed by atoms with Crippen molar-refractivity contribution >= 4 is 11.7 Å². The summed E-state index contributed by atoms with van der Waals surface area (Å²) in [6, 6.07) is 3.41. The van der Waals surface area contributed by atoms with E-state index < -0.39 is 17.9 Å². The molecule has 3 N–H and O–H groups in total. The number of piperazine rings is 1. The van der Waals surface area contributed by atoms with Crippen LogP contribution in [-0.2, 0) is 11.2 Å². The van der Waals surface area contributed by atoms with Crippen molar-refractivity contribution in [2.24, 2.45) is 11.7 Å². The number of carbonyl (C=O) groups excluding carboxylic acids is 1. The van der Waals surface area contributed by atoms with Crippen molar-refractivity contribution in [2.75, 3.05) is 24.5 Å². The number of hydrogen-bond donors (Lipinski definition) is 2. The first-order chi connectivity index (χ1) is 14.7. The summed E-state index contributed by atoms with van der Waals surface area (Å²) in [6.07, 6.45) is 1.44. The van der Waals surface area contributed by atoms with Crippen LogP contribution in [0.2, 0.25) is 0 Å². The minimum atomic E-state index is -2.55. The fourth-order valence-electron chi connectivity index (χ4n) is 4.41. The molecule has 3 heterocycles. The predicted molar refractivity (Wildman–Crippen MR) is 112 cm³/mol. The largest absolute Gasteiger partial charge is 0.368 e. The van der Waals surface area contributed by atoms with E-state index in [4.69, 9.17) is 15.7 Å². The smallest absolute Gasteiger partial charge is 0.252 e. The minimum absolute atomic E-state index is 0.0714. The van der Waals surface area contributed by atoms with Crippen molar-refractivity contribution in [1.82, 2.24) is 25.1 Å². The summed E-state index contributed by atoms with van der Waals surface area (Å²) >= 11 is 0. The second-order valence-electron chi connectivity index (χ2n) is 8.71. The van der Waals surface area contributed by atoms with Gasteiger partial charge in [0.25, 0.3) is 5.95 Å². The quantitative estimate of drug-likeness (QED) is 0.747. The first-order valence-corrected chi connectivity index (χ1v) is 10.8. The van der Waals surface area contributed by atoms with E-state index in [2.05, 4.69) is 10.4 Å². The molecule has 168 valence electrons. The minimum Gasteiger partial charge on any atom is -0.368 e. The number of rotatable bonds is 5. The van der Waals surface area contributed by atoms with Crippen molar-refractivity contribution in [3.05, 3.63) is 29.2 Å². The van der Waals surface area contributed by atoms with E-state index in [1.807, 2.05) is 30.9 Å². The maximum absolute atomic E-state index is 13.6. The van der Waals surface area contributed by atoms with Gasteiger partial charge in [-0.25, -0.2) is 18.4 Å². The van der Waals surface area contributed by atoms with E-state index in [9.17, 15) is 13.6 Å². The second-order valence-corrected chi connectivity index (χ2v) is 8.71. The molecule has 2 aliphatic rings. The van der Waals surface area contributed by atoms with Gasteiger partial charge in [0.1, 0.15) is 11.9 Å². The number of anilines is 1. The summed E-state index contributed by atoms with van der Waals surface area (Å²) in [5.41, 5.74) is 8.06. The third-order valence-electron chi connectivity index (χ3n) is 6.13. The number of aryl methyl sites for hydroxylation is 2. The SMILES string of the molecule is Cc1cc(C)n(-c2nc(CC3CCC(F)(F)CC3)cc(N3CCNC(C(N)=O)C3)n2)n1. The van der Waals surface area contributed by atoms with E-state index in [1.54, 1.807) is 4.68 Å². The van der Waals surface area contributed by atoms with Crippen LogP contribution in [0, 0.1) is 19.8 Å². The van der Waals surface area contributed by atoms with Crippen LogP contribution in [0.25, 0.3) is 5.95 Å². The summed E-state index contributed by atoms with van der Waals surface area (Å²) in [7, 11) is 0. The van der Waals surface area contributed by atoms with Crippen molar-refractivity contribution in [3.63, 3.8) is 0 Å². The Kier molecular flexibility index (Phi) is 5.92. The van der Waals surface area contributed by atoms with Gasteiger partial charge in [0.2, 0.25) is 11.8 Å². The van der Waals surface area contributed by atoms with E-state index in [-0.39, 0.29) is 18.8 Å². The molecule has 1 aliphatic carbocycles. The Balaban J connectivity index is 1.64. The third-order valence-corrected chi connectivity index (χ3v) is 6.13. The van der Waals surface area contributed by atoms with Crippen LogP contribution in [0.3, 0.4) is 0 Å². The van der Waals surface area contributed by atoms with Gasteiger partial charge >= 0.3 is 0 Å². The van der Waals surface area contributed by atoms with Crippen LogP contribution in [0.4, 0.5) is 14.6 Å². The zero-order valence-corrected chi connectivity index (χ0v) is 17.9. The highest BCUT2D eigenvalue weighted by Crippen LogP contribution is 2.37. The van der Waals surface area contributed by atoms with Gasteiger partial charge in [-0.3, -0.25) is 4.79 Å². The number of nitrogens with two attached hydrogens (primary N) is 1. The molecule has 31 heavy (non-hydrogen) atoms. The van der Waals surface area contributed by atoms with Crippen LogP contribution in [-0.4, -0.2) is 57.3 Å². The molecule has 4 rings (SSSR count). The molecule has 1 saturated carbocycles. The highest BCUT2D eigenvalue weighted by Gasteiger charge is 2.35. The number of alkyl halides is 2. The highest BCUT2D eigenvalue weighted by atomic mass is 19.3. The van der Waals surface area contributed by atoms with Gasteiger partial charge in [0.05, 0.1) is 5.69 Å². The van der Waals surface area contributed by atoms with Gasteiger partial charge in [0.15, 0.2) is 0 Å². The lowest BCUT2D eigenvalue weighted by molar-refractivity contribution is -0.120. The lowest BCUT2D eigenvalue weighted by atomic mass is 9.84. The third kappa shape index (κ3) is 5.00. The molecular weight excluding hydrogens is 404 g/mol. The van der Waals surface area contributed by atoms with Gasteiger partial charge < -0.3 is 16.0 Å². The van der Waals surface area contributed by atoms with Crippen molar-refractivity contribution < 1.29 is 13.6 Å². The molecule has 1 amide bonds. The molecule has 8 nitrogen and oxygen atoms in total. The lowest BCUT2D eigenvalue weighted by Gasteiger charge is -2.33. The predicted octanol–water partition coefficient (Wildman–Crippen LogP) is 1.91. The summed E-state index contributed by atoms with van der Waals surface area (Å²) in [4.78, 5) is 23.1. The summed E-state index contributed by atoms with van der Waals surface area (Å²) in [6.45, 7) is 5.54. The van der Waals surface area contributed by atoms with Crippen LogP contribution in [0.15, 0.2) is 12.1 Å². The standard InChI is InChI=1S/C21H29F2N7O/c1-13-9-14(2)30(28-13)20-26-16(10-15-3-5-21(22,23)6-4-15)11-18(27-20)29-8-7-25-17(12-29)19(24)31/h9,11,15,17,25H,3-8,10,12H2,1-2H3,(H2,24,31). The topological polar surface area (TPSA) is 102 Å². The van der Waals surface area contributed by atoms with E-state index in [1.165, 1.54) is 0 Å². The Morgan fingerprint density at radius 2 is 2.00 bits per heavy atom. The summed E-state index contributed by atoms with van der Waals surface area (Å²) in [5.74, 6) is -1.64. The van der Waals surface area contributed by atoms with Gasteiger partial charge in [-0.2, -0.15) is 10.1 Å². The molecule has 0 radical (unpaired) electrons. The van der Waals surface area contributed by atoms with Gasteiger partial charge in [-0.05, 0) is 45.1 Å². The number of aromatic nitrogens is 4. The van der Waals surface area contributed by atoms with Crippen LogP contribution in [0.1, 0.15) is 42.8 Å². The average Bonchev–Trinajstić information content (AvgIpc) is 3.07. The molecule has 1 unspecified atom stereocenters. The first kappa shape index (κ1) is 21.6. The lowest BCUT2D eigenvalue weighted by Crippen LogP contribution is -2.56. The number of carbonyl (C=O) groups is 1. The molecule has 0 aromatic carbocycles. The molecule has 1 atom stereocenters. The monoisotopic (exact) mass is 433 g/mol. The zero-order valence-electron chi connectivity index (χ0n) is 17.9. The average molecular weight is 434 g/mol. The van der Waals surface area contributed by atoms with E-state index >= 15 is 0 Å². The van der Waals surface area contributed by atoms with Crippen molar-refractivity contribution in [2.45, 2.75) is 57.9 Å². The fraction of sp³-hybridized carbons (Fsp3) is 0.619. The Morgan fingerprint density at radius 1 is 1.26 bits per heavy atom. The Morgan fingerprint density at radius 3 is 2.65 bits per heavy atom. The van der Waals surface area contributed by atoms with Crippen LogP contribution in [0.5, 0.6) is 0 Å². The summed E-state index contributed by atoms with van der Waals surface area (Å²) < 4.78 is 28.8. The van der Waals surface area contributed by atoms with Gasteiger partial charge in [0, 0.05) is 49.9 Å². The number of halogens is 2. The Hall–Kier alpha value is -2.62.